The first-order valence-electron chi connectivity index (χ1n) is 14.1. The van der Waals surface area contributed by atoms with E-state index < -0.39 is 18.0 Å². The molecular formula is C34H32N2O8S. The Kier molecular flexibility index (Phi) is 9.48. The Morgan fingerprint density at radius 2 is 1.67 bits per heavy atom. The molecule has 5 rings (SSSR count). The Balaban J connectivity index is 1.58. The number of aromatic nitrogens is 1. The summed E-state index contributed by atoms with van der Waals surface area (Å²) < 4.78 is 29.6. The normalized spacial score (nSPS) is 14.3. The number of benzene rings is 3. The Labute approximate surface area is 263 Å². The van der Waals surface area contributed by atoms with Gasteiger partial charge in [0.2, 0.25) is 0 Å². The molecule has 0 spiro atoms. The number of allylic oxidation sites excluding steroid dienone is 1. The highest BCUT2D eigenvalue weighted by Gasteiger charge is 2.34. The zero-order chi connectivity index (χ0) is 32.1. The molecule has 0 saturated carbocycles. The predicted octanol–water partition coefficient (Wildman–Crippen LogP) is 4.32. The third-order valence-corrected chi connectivity index (χ3v) is 7.98. The molecule has 10 nitrogen and oxygen atoms in total. The summed E-state index contributed by atoms with van der Waals surface area (Å²) in [4.78, 5) is 43.9. The maximum Gasteiger partial charge on any atom is 0.338 e. The van der Waals surface area contributed by atoms with Crippen molar-refractivity contribution in [2.45, 2.75) is 33.4 Å². The first-order valence-corrected chi connectivity index (χ1v) is 15.0. The number of esters is 2. The van der Waals surface area contributed by atoms with Crippen molar-refractivity contribution in [1.82, 2.24) is 4.57 Å². The number of hydrogen-bond acceptors (Lipinski definition) is 10. The smallest absolute Gasteiger partial charge is 0.338 e. The van der Waals surface area contributed by atoms with E-state index in [1.54, 1.807) is 57.4 Å². The summed E-state index contributed by atoms with van der Waals surface area (Å²) in [6, 6.07) is 19.3. The van der Waals surface area contributed by atoms with Crippen molar-refractivity contribution < 1.29 is 33.3 Å². The average Bonchev–Trinajstić information content (AvgIpc) is 3.33. The van der Waals surface area contributed by atoms with Crippen molar-refractivity contribution in [2.24, 2.45) is 4.99 Å². The van der Waals surface area contributed by atoms with Crippen molar-refractivity contribution in [3.63, 3.8) is 0 Å². The Morgan fingerprint density at radius 1 is 0.956 bits per heavy atom. The van der Waals surface area contributed by atoms with E-state index in [2.05, 4.69) is 4.99 Å². The van der Waals surface area contributed by atoms with Gasteiger partial charge < -0.3 is 23.7 Å². The summed E-state index contributed by atoms with van der Waals surface area (Å²) in [7, 11) is 3.00. The molecule has 3 aromatic carbocycles. The molecule has 0 amide bonds. The zero-order valence-corrected chi connectivity index (χ0v) is 26.3. The van der Waals surface area contributed by atoms with Crippen LogP contribution in [0.3, 0.4) is 0 Å². The van der Waals surface area contributed by atoms with Crippen LogP contribution < -0.4 is 33.8 Å². The van der Waals surface area contributed by atoms with E-state index in [0.29, 0.717) is 38.7 Å². The van der Waals surface area contributed by atoms with Gasteiger partial charge in [-0.3, -0.25) is 14.2 Å². The van der Waals surface area contributed by atoms with Crippen molar-refractivity contribution in [2.75, 3.05) is 20.8 Å². The lowest BCUT2D eigenvalue weighted by atomic mass is 9.95. The maximum absolute atomic E-state index is 14.0. The van der Waals surface area contributed by atoms with Crippen LogP contribution in [0.4, 0.5) is 0 Å². The molecule has 0 fully saturated rings. The predicted molar refractivity (Wildman–Crippen MR) is 168 cm³/mol. The number of nitrogens with zero attached hydrogens (tertiary/aromatic N) is 2. The van der Waals surface area contributed by atoms with Gasteiger partial charge in [0.05, 0.1) is 42.7 Å². The number of hydrogen-bond donors (Lipinski definition) is 0. The third kappa shape index (κ3) is 6.68. The molecule has 1 atom stereocenters. The minimum absolute atomic E-state index is 0.147. The largest absolute Gasteiger partial charge is 0.493 e. The fraction of sp³-hybridized carbons (Fsp3) is 0.235. The maximum atomic E-state index is 14.0. The Hall–Kier alpha value is -5.16. The number of rotatable bonds is 10. The molecule has 0 aliphatic carbocycles. The number of carbonyl (C=O) groups is 2. The van der Waals surface area contributed by atoms with Crippen LogP contribution in [0.15, 0.2) is 87.8 Å². The molecule has 0 radical (unpaired) electrons. The van der Waals surface area contributed by atoms with Gasteiger partial charge in [-0.15, -0.1) is 0 Å². The number of carbonyl (C=O) groups excluding carboxylic acids is 2. The second-order valence-electron chi connectivity index (χ2n) is 9.99. The first kappa shape index (κ1) is 31.3. The second kappa shape index (κ2) is 13.6. The van der Waals surface area contributed by atoms with Crippen LogP contribution >= 0.6 is 11.3 Å². The van der Waals surface area contributed by atoms with Crippen molar-refractivity contribution in [3.05, 3.63) is 114 Å². The highest BCUT2D eigenvalue weighted by Crippen LogP contribution is 2.36. The van der Waals surface area contributed by atoms with Crippen LogP contribution in [0.25, 0.3) is 6.08 Å². The van der Waals surface area contributed by atoms with Crippen molar-refractivity contribution >= 4 is 29.4 Å². The van der Waals surface area contributed by atoms with Crippen LogP contribution in [0, 0.1) is 0 Å². The number of methoxy groups -OCH3 is 2. The SMILES string of the molecule is CCOC(=O)C1=C(C)N=c2s/c(=C/c3ccc(OCc4ccccc4)c(OC)c3)c(=O)n2[C@H]1c1ccc(OC(C)=O)c(OC)c1. The van der Waals surface area contributed by atoms with Gasteiger partial charge in [0.15, 0.2) is 27.8 Å². The van der Waals surface area contributed by atoms with Gasteiger partial charge in [0, 0.05) is 6.92 Å². The van der Waals surface area contributed by atoms with Gasteiger partial charge in [-0.1, -0.05) is 53.8 Å². The van der Waals surface area contributed by atoms with Crippen LogP contribution in [0.1, 0.15) is 43.5 Å². The molecule has 1 aliphatic heterocycles. The first-order chi connectivity index (χ1) is 21.7. The van der Waals surface area contributed by atoms with E-state index >= 15 is 0 Å². The lowest BCUT2D eigenvalue weighted by Crippen LogP contribution is -2.40. The lowest BCUT2D eigenvalue weighted by molar-refractivity contribution is -0.139. The zero-order valence-electron chi connectivity index (χ0n) is 25.5. The standard InChI is InChI=1S/C34H32N2O8S/c1-6-42-33(39)30-20(2)35-34-36(31(30)24-13-15-26(44-21(3)37)28(18-24)41-5)32(38)29(45-34)17-23-12-14-25(27(16-23)40-4)43-19-22-10-8-7-9-11-22/h7-18,31H,6,19H2,1-5H3/b29-17+/t31-/m0/s1. The molecule has 2 heterocycles. The summed E-state index contributed by atoms with van der Waals surface area (Å²) >= 11 is 1.20. The van der Waals surface area contributed by atoms with Crippen LogP contribution in [0.2, 0.25) is 0 Å². The summed E-state index contributed by atoms with van der Waals surface area (Å²) in [5.74, 6) is 0.474. The van der Waals surface area contributed by atoms with E-state index in [9.17, 15) is 14.4 Å². The highest BCUT2D eigenvalue weighted by molar-refractivity contribution is 7.07. The molecule has 1 aliphatic rings. The highest BCUT2D eigenvalue weighted by atomic mass is 32.1. The molecular weight excluding hydrogens is 596 g/mol. The monoisotopic (exact) mass is 628 g/mol. The van der Waals surface area contributed by atoms with Gasteiger partial charge in [-0.05, 0) is 60.9 Å². The molecule has 1 aromatic heterocycles. The average molecular weight is 629 g/mol. The van der Waals surface area contributed by atoms with Crippen LogP contribution in [-0.2, 0) is 20.9 Å². The molecule has 0 saturated heterocycles. The van der Waals surface area contributed by atoms with Gasteiger partial charge in [0.25, 0.3) is 5.56 Å². The molecule has 232 valence electrons. The van der Waals surface area contributed by atoms with Crippen LogP contribution in [0.5, 0.6) is 23.0 Å². The molecule has 0 bridgehead atoms. The van der Waals surface area contributed by atoms with Gasteiger partial charge >= 0.3 is 11.9 Å². The number of ether oxygens (including phenoxy) is 5. The fourth-order valence-electron chi connectivity index (χ4n) is 4.98. The topological polar surface area (TPSA) is 115 Å². The Bertz CT molecular complexity index is 1960. The van der Waals surface area contributed by atoms with E-state index in [-0.39, 0.29) is 29.2 Å². The minimum Gasteiger partial charge on any atom is -0.493 e. The molecule has 11 heteroatoms. The summed E-state index contributed by atoms with van der Waals surface area (Å²) in [6.07, 6.45) is 1.75. The van der Waals surface area contributed by atoms with Gasteiger partial charge in [-0.2, -0.15) is 0 Å². The van der Waals surface area contributed by atoms with E-state index in [1.165, 1.54) is 29.9 Å². The summed E-state index contributed by atoms with van der Waals surface area (Å²) in [5.41, 5.74) is 2.60. The molecule has 45 heavy (non-hydrogen) atoms. The van der Waals surface area contributed by atoms with E-state index in [4.69, 9.17) is 23.7 Å². The molecule has 4 aromatic rings. The second-order valence-corrected chi connectivity index (χ2v) is 11.0. The minimum atomic E-state index is -0.869. The number of thiazole rings is 1. The number of fused-ring (bicyclic) bond motifs is 1. The van der Waals surface area contributed by atoms with Crippen molar-refractivity contribution in [3.8, 4) is 23.0 Å². The molecule has 0 unspecified atom stereocenters. The quantitative estimate of drug-likeness (QED) is 0.189. The fourth-order valence-corrected chi connectivity index (χ4v) is 6.03. The van der Waals surface area contributed by atoms with Gasteiger partial charge in [0.1, 0.15) is 6.61 Å². The lowest BCUT2D eigenvalue weighted by Gasteiger charge is -2.25. The Morgan fingerprint density at radius 3 is 2.36 bits per heavy atom. The molecule has 0 N–H and O–H groups in total. The third-order valence-electron chi connectivity index (χ3n) is 7.00. The summed E-state index contributed by atoms with van der Waals surface area (Å²) in [5, 5.41) is 0. The summed E-state index contributed by atoms with van der Waals surface area (Å²) in [6.45, 7) is 5.23. The van der Waals surface area contributed by atoms with E-state index in [1.807, 2.05) is 36.4 Å². The van der Waals surface area contributed by atoms with Gasteiger partial charge in [-0.25, -0.2) is 9.79 Å². The van der Waals surface area contributed by atoms with Crippen LogP contribution in [-0.4, -0.2) is 37.3 Å². The van der Waals surface area contributed by atoms with E-state index in [0.717, 1.165) is 11.1 Å². The van der Waals surface area contributed by atoms with Crippen molar-refractivity contribution in [1.29, 1.82) is 0 Å².